The van der Waals surface area contributed by atoms with Crippen molar-refractivity contribution in [2.45, 2.75) is 39.3 Å². The number of hydrogen-bond donors (Lipinski definition) is 1. The zero-order valence-corrected chi connectivity index (χ0v) is 10.0. The van der Waals surface area contributed by atoms with Gasteiger partial charge in [0.1, 0.15) is 6.54 Å². The molecule has 3 heteroatoms. The summed E-state index contributed by atoms with van der Waals surface area (Å²) in [5.74, 6) is 1.75. The van der Waals surface area contributed by atoms with Crippen molar-refractivity contribution >= 4 is 0 Å². The van der Waals surface area contributed by atoms with Crippen molar-refractivity contribution in [2.24, 2.45) is 0 Å². The van der Waals surface area contributed by atoms with E-state index in [4.69, 9.17) is 9.47 Å². The van der Waals surface area contributed by atoms with Crippen LogP contribution in [0.1, 0.15) is 32.3 Å². The number of rotatable bonds is 5. The summed E-state index contributed by atoms with van der Waals surface area (Å²) in [6.07, 6.45) is 2.45. The van der Waals surface area contributed by atoms with Gasteiger partial charge in [0.25, 0.3) is 0 Å². The maximum Gasteiger partial charge on any atom is 0.231 e. The van der Waals surface area contributed by atoms with Crippen molar-refractivity contribution < 1.29 is 14.8 Å². The topological polar surface area (TPSA) is 35.1 Å². The molecule has 1 aromatic rings. The first-order valence-electron chi connectivity index (χ1n) is 6.05. The molecule has 0 bridgehead atoms. The molecule has 0 aromatic heterocycles. The molecule has 0 spiro atoms. The van der Waals surface area contributed by atoms with Crippen molar-refractivity contribution in [3.8, 4) is 11.5 Å². The molecule has 3 nitrogen and oxygen atoms in total. The second-order valence-corrected chi connectivity index (χ2v) is 4.20. The fraction of sp³-hybridized carbons (Fsp3) is 0.538. The van der Waals surface area contributed by atoms with Crippen LogP contribution >= 0.6 is 0 Å². The summed E-state index contributed by atoms with van der Waals surface area (Å²) in [4.78, 5) is 0. The first kappa shape index (κ1) is 11.3. The van der Waals surface area contributed by atoms with E-state index < -0.39 is 0 Å². The van der Waals surface area contributed by atoms with Crippen molar-refractivity contribution in [3.63, 3.8) is 0 Å². The molecule has 1 aliphatic heterocycles. The van der Waals surface area contributed by atoms with Gasteiger partial charge in [-0.2, -0.15) is 0 Å². The lowest BCUT2D eigenvalue weighted by Gasteiger charge is -2.11. The van der Waals surface area contributed by atoms with Gasteiger partial charge in [-0.05, 0) is 31.0 Å². The molecule has 1 aliphatic rings. The Kier molecular flexibility index (Phi) is 3.67. The minimum Gasteiger partial charge on any atom is -0.454 e. The molecule has 0 unspecified atom stereocenters. The Morgan fingerprint density at radius 1 is 1.19 bits per heavy atom. The lowest BCUT2D eigenvalue weighted by atomic mass is 10.1. The average Bonchev–Trinajstić information content (AvgIpc) is 2.77. The van der Waals surface area contributed by atoms with Crippen LogP contribution in [-0.4, -0.2) is 12.8 Å². The van der Waals surface area contributed by atoms with E-state index in [1.165, 1.54) is 18.4 Å². The molecule has 2 rings (SSSR count). The van der Waals surface area contributed by atoms with Crippen LogP contribution in [0.2, 0.25) is 0 Å². The quantitative estimate of drug-likeness (QED) is 0.822. The molecule has 16 heavy (non-hydrogen) atoms. The van der Waals surface area contributed by atoms with Gasteiger partial charge in [0.05, 0.1) is 6.04 Å². The standard InChI is InChI=1S/C13H19NO2/c1-3-11(4-2)14-8-10-5-6-12-13(7-10)16-9-15-12/h5-7,11,14H,3-4,8-9H2,1-2H3/p+1. The number of benzene rings is 1. The van der Waals surface area contributed by atoms with E-state index in [0.717, 1.165) is 24.1 Å². The SMILES string of the molecule is CCC(CC)[NH2+]Cc1ccc2c(c1)OCO2. The van der Waals surface area contributed by atoms with Gasteiger partial charge in [0.15, 0.2) is 11.5 Å². The number of quaternary nitrogens is 1. The highest BCUT2D eigenvalue weighted by molar-refractivity contribution is 5.44. The number of hydrogen-bond acceptors (Lipinski definition) is 2. The van der Waals surface area contributed by atoms with Gasteiger partial charge in [-0.15, -0.1) is 0 Å². The number of ether oxygens (including phenoxy) is 2. The summed E-state index contributed by atoms with van der Waals surface area (Å²) in [5.41, 5.74) is 1.30. The van der Waals surface area contributed by atoms with E-state index in [1.54, 1.807) is 0 Å². The van der Waals surface area contributed by atoms with Crippen LogP contribution < -0.4 is 14.8 Å². The second kappa shape index (κ2) is 5.21. The van der Waals surface area contributed by atoms with Crippen molar-refractivity contribution in [3.05, 3.63) is 23.8 Å². The van der Waals surface area contributed by atoms with E-state index in [9.17, 15) is 0 Å². The molecule has 2 N–H and O–H groups in total. The van der Waals surface area contributed by atoms with Crippen LogP contribution in [0.5, 0.6) is 11.5 Å². The highest BCUT2D eigenvalue weighted by Gasteiger charge is 2.14. The van der Waals surface area contributed by atoms with Gasteiger partial charge < -0.3 is 14.8 Å². The monoisotopic (exact) mass is 222 g/mol. The molecular formula is C13H20NO2+. The second-order valence-electron chi connectivity index (χ2n) is 4.20. The summed E-state index contributed by atoms with van der Waals surface area (Å²) < 4.78 is 10.7. The molecule has 0 amide bonds. The molecule has 0 saturated heterocycles. The van der Waals surface area contributed by atoms with Gasteiger partial charge in [0, 0.05) is 5.56 Å². The Hall–Kier alpha value is -1.22. The number of nitrogens with two attached hydrogens (primary N) is 1. The highest BCUT2D eigenvalue weighted by atomic mass is 16.7. The van der Waals surface area contributed by atoms with Crippen LogP contribution in [0.4, 0.5) is 0 Å². The van der Waals surface area contributed by atoms with E-state index in [1.807, 2.05) is 6.07 Å². The third-order valence-corrected chi connectivity index (χ3v) is 3.17. The summed E-state index contributed by atoms with van der Waals surface area (Å²) >= 11 is 0. The molecule has 0 aliphatic carbocycles. The Morgan fingerprint density at radius 2 is 1.94 bits per heavy atom. The third kappa shape index (κ3) is 2.47. The van der Waals surface area contributed by atoms with Crippen LogP contribution in [0.3, 0.4) is 0 Å². The molecule has 88 valence electrons. The summed E-state index contributed by atoms with van der Waals surface area (Å²) in [6, 6.07) is 6.93. The van der Waals surface area contributed by atoms with E-state index >= 15 is 0 Å². The predicted molar refractivity (Wildman–Crippen MR) is 62.6 cm³/mol. The average molecular weight is 222 g/mol. The Bertz CT molecular complexity index is 348. The molecule has 1 aromatic carbocycles. The van der Waals surface area contributed by atoms with E-state index in [2.05, 4.69) is 31.3 Å². The molecule has 0 atom stereocenters. The van der Waals surface area contributed by atoms with Crippen molar-refractivity contribution in [1.29, 1.82) is 0 Å². The van der Waals surface area contributed by atoms with Gasteiger partial charge >= 0.3 is 0 Å². The highest BCUT2D eigenvalue weighted by Crippen LogP contribution is 2.32. The van der Waals surface area contributed by atoms with Crippen LogP contribution in [0.25, 0.3) is 0 Å². The largest absolute Gasteiger partial charge is 0.454 e. The Balaban J connectivity index is 1.95. The first-order chi connectivity index (χ1) is 7.83. The lowest BCUT2D eigenvalue weighted by Crippen LogP contribution is -2.88. The first-order valence-corrected chi connectivity index (χ1v) is 6.05. The smallest absolute Gasteiger partial charge is 0.231 e. The summed E-state index contributed by atoms with van der Waals surface area (Å²) in [5, 5.41) is 2.40. The van der Waals surface area contributed by atoms with E-state index in [-0.39, 0.29) is 0 Å². The van der Waals surface area contributed by atoms with Gasteiger partial charge in [-0.25, -0.2) is 0 Å². The minimum absolute atomic E-state index is 0.356. The van der Waals surface area contributed by atoms with E-state index in [0.29, 0.717) is 6.79 Å². The van der Waals surface area contributed by atoms with Crippen molar-refractivity contribution in [2.75, 3.05) is 6.79 Å². The maximum atomic E-state index is 5.36. The molecule has 0 radical (unpaired) electrons. The Labute approximate surface area is 96.8 Å². The zero-order valence-electron chi connectivity index (χ0n) is 10.0. The molecule has 0 saturated carbocycles. The normalized spacial score (nSPS) is 13.4. The van der Waals surface area contributed by atoms with Gasteiger partial charge in [-0.3, -0.25) is 0 Å². The zero-order chi connectivity index (χ0) is 11.4. The third-order valence-electron chi connectivity index (χ3n) is 3.17. The fourth-order valence-electron chi connectivity index (χ4n) is 1.99. The summed E-state index contributed by atoms with van der Waals surface area (Å²) in [7, 11) is 0. The summed E-state index contributed by atoms with van der Waals surface area (Å²) in [6.45, 7) is 5.85. The van der Waals surface area contributed by atoms with Gasteiger partial charge in [-0.1, -0.05) is 13.8 Å². The minimum atomic E-state index is 0.356. The Morgan fingerprint density at radius 3 is 2.69 bits per heavy atom. The lowest BCUT2D eigenvalue weighted by molar-refractivity contribution is -0.704. The van der Waals surface area contributed by atoms with Gasteiger partial charge in [0.2, 0.25) is 6.79 Å². The van der Waals surface area contributed by atoms with Crippen LogP contribution in [-0.2, 0) is 6.54 Å². The maximum absolute atomic E-state index is 5.36. The van der Waals surface area contributed by atoms with Crippen molar-refractivity contribution in [1.82, 2.24) is 0 Å². The molecule has 0 fully saturated rings. The molecular weight excluding hydrogens is 202 g/mol. The fourth-order valence-corrected chi connectivity index (χ4v) is 1.99. The molecule has 1 heterocycles. The number of fused-ring (bicyclic) bond motifs is 1. The van der Waals surface area contributed by atoms with Crippen LogP contribution in [0.15, 0.2) is 18.2 Å². The van der Waals surface area contributed by atoms with Crippen LogP contribution in [0, 0.1) is 0 Å². The predicted octanol–water partition coefficient (Wildman–Crippen LogP) is 1.67.